The van der Waals surface area contributed by atoms with Gasteiger partial charge in [0.05, 0.1) is 12.1 Å². The second-order valence-electron chi connectivity index (χ2n) is 4.63. The first kappa shape index (κ1) is 14.1. The van der Waals surface area contributed by atoms with Gasteiger partial charge in [0.15, 0.2) is 5.82 Å². The Balaban J connectivity index is 1.80. The predicted molar refractivity (Wildman–Crippen MR) is 73.5 cm³/mol. The van der Waals surface area contributed by atoms with Gasteiger partial charge in [-0.05, 0) is 25.3 Å². The predicted octanol–water partition coefficient (Wildman–Crippen LogP) is 0.337. The lowest BCUT2D eigenvalue weighted by Gasteiger charge is -2.15. The molecule has 0 fully saturated rings. The molecule has 2 unspecified atom stereocenters. The van der Waals surface area contributed by atoms with Gasteiger partial charge in [-0.3, -0.25) is 4.79 Å². The number of benzene rings is 1. The Kier molecular flexibility index (Phi) is 4.78. The normalized spacial score (nSPS) is 13.7. The van der Waals surface area contributed by atoms with Gasteiger partial charge in [-0.15, -0.1) is 10.2 Å². The number of carbonyl (C=O) groups excluding carboxylic acids is 1. The monoisotopic (exact) mass is 274 g/mol. The Hall–Kier alpha value is -2.28. The van der Waals surface area contributed by atoms with Crippen LogP contribution in [0.1, 0.15) is 30.8 Å². The van der Waals surface area contributed by atoms with Crippen molar-refractivity contribution in [3.8, 4) is 0 Å². The van der Waals surface area contributed by atoms with Crippen LogP contribution in [-0.2, 0) is 11.2 Å². The van der Waals surface area contributed by atoms with Gasteiger partial charge in [-0.25, -0.2) is 0 Å². The number of nitrogens with one attached hydrogen (secondary N) is 2. The molecule has 7 heteroatoms. The second-order valence-corrected chi connectivity index (χ2v) is 4.63. The molecule has 0 bridgehead atoms. The number of H-pyrrole nitrogens is 1. The number of amides is 1. The van der Waals surface area contributed by atoms with E-state index in [9.17, 15) is 4.79 Å². The van der Waals surface area contributed by atoms with E-state index in [4.69, 9.17) is 5.73 Å². The third-order valence-corrected chi connectivity index (χ3v) is 3.03. The van der Waals surface area contributed by atoms with E-state index >= 15 is 0 Å². The Labute approximate surface area is 117 Å². The average Bonchev–Trinajstić information content (AvgIpc) is 3.00. The molecule has 0 radical (unpaired) electrons. The molecule has 0 aliphatic carbocycles. The fraction of sp³-hybridized carbons (Fsp3) is 0.385. The molecule has 0 aliphatic rings. The largest absolute Gasteiger partial charge is 0.345 e. The van der Waals surface area contributed by atoms with Crippen molar-refractivity contribution in [1.29, 1.82) is 0 Å². The van der Waals surface area contributed by atoms with Crippen molar-refractivity contribution >= 4 is 5.91 Å². The molecule has 2 aromatic rings. The summed E-state index contributed by atoms with van der Waals surface area (Å²) < 4.78 is 0. The van der Waals surface area contributed by atoms with Crippen LogP contribution in [0.2, 0.25) is 0 Å². The highest BCUT2D eigenvalue weighted by Gasteiger charge is 2.18. The minimum atomic E-state index is -0.551. The highest BCUT2D eigenvalue weighted by molar-refractivity contribution is 5.81. The van der Waals surface area contributed by atoms with Crippen molar-refractivity contribution in [3.63, 3.8) is 0 Å². The summed E-state index contributed by atoms with van der Waals surface area (Å²) in [7, 11) is 0. The number of aromatic nitrogens is 4. The van der Waals surface area contributed by atoms with Gasteiger partial charge in [0.1, 0.15) is 0 Å². The number of nitrogens with zero attached hydrogens (tertiary/aromatic N) is 3. The molecule has 2 rings (SSSR count). The number of hydrogen-bond acceptors (Lipinski definition) is 5. The number of rotatable bonds is 6. The highest BCUT2D eigenvalue weighted by Crippen LogP contribution is 2.07. The van der Waals surface area contributed by atoms with Crippen LogP contribution in [0.3, 0.4) is 0 Å². The minimum Gasteiger partial charge on any atom is -0.345 e. The summed E-state index contributed by atoms with van der Waals surface area (Å²) in [5, 5.41) is 16.2. The maximum Gasteiger partial charge on any atom is 0.237 e. The van der Waals surface area contributed by atoms with Gasteiger partial charge < -0.3 is 11.1 Å². The van der Waals surface area contributed by atoms with E-state index in [2.05, 4.69) is 25.9 Å². The first-order chi connectivity index (χ1) is 9.66. The van der Waals surface area contributed by atoms with Gasteiger partial charge in [0, 0.05) is 0 Å². The molecule has 106 valence electrons. The fourth-order valence-electron chi connectivity index (χ4n) is 1.84. The Morgan fingerprint density at radius 2 is 2.15 bits per heavy atom. The van der Waals surface area contributed by atoms with Crippen molar-refractivity contribution in [3.05, 3.63) is 41.7 Å². The van der Waals surface area contributed by atoms with Crippen molar-refractivity contribution in [2.24, 2.45) is 5.73 Å². The molecule has 1 heterocycles. The molecule has 20 heavy (non-hydrogen) atoms. The molecule has 1 aromatic heterocycles. The van der Waals surface area contributed by atoms with Crippen LogP contribution in [0.4, 0.5) is 0 Å². The maximum absolute atomic E-state index is 11.9. The Morgan fingerprint density at radius 3 is 2.80 bits per heavy atom. The van der Waals surface area contributed by atoms with Crippen LogP contribution in [-0.4, -0.2) is 32.6 Å². The number of carbonyl (C=O) groups is 1. The molecule has 0 saturated heterocycles. The molecule has 1 amide bonds. The van der Waals surface area contributed by atoms with E-state index in [-0.39, 0.29) is 11.9 Å². The summed E-state index contributed by atoms with van der Waals surface area (Å²) in [4.78, 5) is 11.9. The summed E-state index contributed by atoms with van der Waals surface area (Å²) in [6.45, 7) is 1.78. The lowest BCUT2D eigenvalue weighted by molar-refractivity contribution is -0.123. The van der Waals surface area contributed by atoms with Crippen LogP contribution in [0.25, 0.3) is 0 Å². The van der Waals surface area contributed by atoms with Crippen LogP contribution in [0, 0.1) is 0 Å². The average molecular weight is 274 g/mol. The molecular weight excluding hydrogens is 256 g/mol. The highest BCUT2D eigenvalue weighted by atomic mass is 16.2. The molecule has 1 aromatic carbocycles. The van der Waals surface area contributed by atoms with E-state index < -0.39 is 6.04 Å². The Morgan fingerprint density at radius 1 is 1.40 bits per heavy atom. The van der Waals surface area contributed by atoms with E-state index in [0.29, 0.717) is 12.2 Å². The number of tetrazole rings is 1. The maximum atomic E-state index is 11.9. The molecule has 7 nitrogen and oxygen atoms in total. The summed E-state index contributed by atoms with van der Waals surface area (Å²) in [5.41, 5.74) is 7.06. The topological polar surface area (TPSA) is 110 Å². The first-order valence-corrected chi connectivity index (χ1v) is 6.50. The van der Waals surface area contributed by atoms with Gasteiger partial charge in [-0.2, -0.15) is 5.21 Å². The molecule has 2 atom stereocenters. The summed E-state index contributed by atoms with van der Waals surface area (Å²) in [6.07, 6.45) is 1.36. The lowest BCUT2D eigenvalue weighted by Crippen LogP contribution is -2.42. The first-order valence-electron chi connectivity index (χ1n) is 6.50. The van der Waals surface area contributed by atoms with Gasteiger partial charge >= 0.3 is 0 Å². The van der Waals surface area contributed by atoms with Crippen LogP contribution in [0.15, 0.2) is 30.3 Å². The molecule has 4 N–H and O–H groups in total. The molecule has 0 aliphatic heterocycles. The standard InChI is InChI=1S/C13H18N6O/c1-9(12-16-18-19-17-12)15-13(20)11(14)8-7-10-5-3-2-4-6-10/h2-6,9,11H,7-8,14H2,1H3,(H,15,20)(H,16,17,18,19). The zero-order valence-electron chi connectivity index (χ0n) is 11.3. The number of nitrogens with two attached hydrogens (primary N) is 1. The molecule has 0 spiro atoms. The molecule has 0 saturated carbocycles. The molecular formula is C13H18N6O. The minimum absolute atomic E-state index is 0.210. The van der Waals surface area contributed by atoms with E-state index in [1.165, 1.54) is 5.56 Å². The quantitative estimate of drug-likeness (QED) is 0.703. The van der Waals surface area contributed by atoms with Crippen molar-refractivity contribution in [2.75, 3.05) is 0 Å². The van der Waals surface area contributed by atoms with E-state index in [0.717, 1.165) is 6.42 Å². The lowest BCUT2D eigenvalue weighted by atomic mass is 10.1. The summed E-state index contributed by atoms with van der Waals surface area (Å²) >= 11 is 0. The van der Waals surface area contributed by atoms with Gasteiger partial charge in [-0.1, -0.05) is 35.5 Å². The SMILES string of the molecule is CC(NC(=O)C(N)CCc1ccccc1)c1nn[nH]n1. The van der Waals surface area contributed by atoms with Crippen molar-refractivity contribution < 1.29 is 4.79 Å². The number of aryl methyl sites for hydroxylation is 1. The zero-order valence-corrected chi connectivity index (χ0v) is 11.3. The van der Waals surface area contributed by atoms with E-state index in [1.807, 2.05) is 30.3 Å². The van der Waals surface area contributed by atoms with E-state index in [1.54, 1.807) is 6.92 Å². The van der Waals surface area contributed by atoms with Crippen molar-refractivity contribution in [1.82, 2.24) is 25.9 Å². The fourth-order valence-corrected chi connectivity index (χ4v) is 1.84. The van der Waals surface area contributed by atoms with Gasteiger partial charge in [0.25, 0.3) is 0 Å². The van der Waals surface area contributed by atoms with Crippen LogP contribution >= 0.6 is 0 Å². The number of aromatic amines is 1. The third kappa shape index (κ3) is 3.86. The smallest absolute Gasteiger partial charge is 0.237 e. The third-order valence-electron chi connectivity index (χ3n) is 3.03. The number of hydrogen-bond donors (Lipinski definition) is 3. The van der Waals surface area contributed by atoms with Crippen LogP contribution < -0.4 is 11.1 Å². The van der Waals surface area contributed by atoms with Gasteiger partial charge in [0.2, 0.25) is 5.91 Å². The zero-order chi connectivity index (χ0) is 14.4. The Bertz CT molecular complexity index is 527. The second kappa shape index (κ2) is 6.76. The van der Waals surface area contributed by atoms with Crippen molar-refractivity contribution in [2.45, 2.75) is 31.8 Å². The summed E-state index contributed by atoms with van der Waals surface area (Å²) in [5.74, 6) is 0.229. The summed E-state index contributed by atoms with van der Waals surface area (Å²) in [6, 6.07) is 9.08. The van der Waals surface area contributed by atoms with Crippen LogP contribution in [0.5, 0.6) is 0 Å².